The van der Waals surface area contributed by atoms with Gasteiger partial charge < -0.3 is 10.5 Å². The summed E-state index contributed by atoms with van der Waals surface area (Å²) in [5.41, 5.74) is 3.55. The van der Waals surface area contributed by atoms with Crippen molar-refractivity contribution >= 4 is 6.02 Å². The summed E-state index contributed by atoms with van der Waals surface area (Å²) in [6.45, 7) is -2.05. The van der Waals surface area contributed by atoms with Gasteiger partial charge in [0.15, 0.2) is 5.60 Å². The minimum atomic E-state index is -3.05. The molecule has 0 aromatic heterocycles. The number of hydrogen-bond donors (Lipinski definition) is 1. The van der Waals surface area contributed by atoms with Gasteiger partial charge >= 0.3 is 0 Å². The van der Waals surface area contributed by atoms with Crippen molar-refractivity contribution in [2.75, 3.05) is 13.3 Å². The Morgan fingerprint density at radius 2 is 2.12 bits per heavy atom. The van der Waals surface area contributed by atoms with E-state index in [0.717, 1.165) is 0 Å². The highest BCUT2D eigenvalue weighted by Gasteiger charge is 2.62. The number of fused-ring (bicyclic) bond motifs is 1. The van der Waals surface area contributed by atoms with Crippen LogP contribution in [0.25, 0.3) is 0 Å². The van der Waals surface area contributed by atoms with Gasteiger partial charge in [-0.3, -0.25) is 0 Å². The van der Waals surface area contributed by atoms with Crippen LogP contribution in [-0.4, -0.2) is 36.9 Å². The van der Waals surface area contributed by atoms with Crippen molar-refractivity contribution in [3.05, 3.63) is 0 Å². The third-order valence-electron chi connectivity index (χ3n) is 3.20. The van der Waals surface area contributed by atoms with E-state index >= 15 is 0 Å². The molecule has 0 spiro atoms. The zero-order chi connectivity index (χ0) is 12.0. The lowest BCUT2D eigenvalue weighted by atomic mass is 9.85. The topological polar surface area (TPSA) is 47.6 Å². The monoisotopic (exact) mass is 240 g/mol. The molecule has 2 rings (SSSR count). The average molecular weight is 240 g/mol. The van der Waals surface area contributed by atoms with Crippen molar-refractivity contribution < 1.29 is 22.3 Å². The van der Waals surface area contributed by atoms with Gasteiger partial charge in [0.05, 0.1) is 12.5 Å². The van der Waals surface area contributed by atoms with Crippen molar-refractivity contribution in [3.8, 4) is 0 Å². The molecule has 0 radical (unpaired) electrons. The molecule has 7 heteroatoms. The number of ether oxygens (including phenoxy) is 1. The molecule has 2 N–H and O–H groups in total. The van der Waals surface area contributed by atoms with Crippen molar-refractivity contribution in [3.63, 3.8) is 0 Å². The summed E-state index contributed by atoms with van der Waals surface area (Å²) in [5, 5.41) is 0. The van der Waals surface area contributed by atoms with Gasteiger partial charge in [-0.25, -0.2) is 22.6 Å². The molecule has 3 nitrogen and oxygen atoms in total. The first-order chi connectivity index (χ1) is 7.42. The van der Waals surface area contributed by atoms with Gasteiger partial charge in [0.2, 0.25) is 0 Å². The van der Waals surface area contributed by atoms with E-state index in [9.17, 15) is 17.6 Å². The number of rotatable bonds is 2. The highest BCUT2D eigenvalue weighted by molar-refractivity contribution is 5.73. The van der Waals surface area contributed by atoms with E-state index in [1.807, 2.05) is 0 Å². The van der Waals surface area contributed by atoms with Crippen molar-refractivity contribution in [2.24, 2.45) is 16.6 Å². The van der Waals surface area contributed by atoms with Crippen LogP contribution < -0.4 is 5.73 Å². The fourth-order valence-electron chi connectivity index (χ4n) is 2.55. The van der Waals surface area contributed by atoms with E-state index in [4.69, 9.17) is 10.5 Å². The molecule has 3 unspecified atom stereocenters. The first kappa shape index (κ1) is 11.5. The highest BCUT2D eigenvalue weighted by Crippen LogP contribution is 2.51. The van der Waals surface area contributed by atoms with Crippen LogP contribution in [0.15, 0.2) is 4.99 Å². The summed E-state index contributed by atoms with van der Waals surface area (Å²) in [4.78, 5) is 3.60. The molecule has 0 bridgehead atoms. The van der Waals surface area contributed by atoms with Crippen LogP contribution in [-0.2, 0) is 4.74 Å². The first-order valence-corrected chi connectivity index (χ1v) is 4.94. The SMILES string of the molecule is NC1=NC(CF)C2CC(F)(F)CC2(CF)O1. The second-order valence-corrected chi connectivity index (χ2v) is 4.33. The molecule has 3 atom stereocenters. The normalized spacial score (nSPS) is 41.1. The van der Waals surface area contributed by atoms with Crippen LogP contribution in [0.2, 0.25) is 0 Å². The Hall–Kier alpha value is -1.01. The fraction of sp³-hybridized carbons (Fsp3) is 0.889. The van der Waals surface area contributed by atoms with Crippen LogP contribution in [0.1, 0.15) is 12.8 Å². The summed E-state index contributed by atoms with van der Waals surface area (Å²) in [6, 6.07) is -1.44. The number of aliphatic imine (C=N–C) groups is 1. The number of hydrogen-bond acceptors (Lipinski definition) is 3. The van der Waals surface area contributed by atoms with E-state index < -0.39 is 55.7 Å². The second-order valence-electron chi connectivity index (χ2n) is 4.33. The molecule has 0 aromatic rings. The van der Waals surface area contributed by atoms with Crippen molar-refractivity contribution in [2.45, 2.75) is 30.4 Å². The fourth-order valence-corrected chi connectivity index (χ4v) is 2.55. The second kappa shape index (κ2) is 3.49. The summed E-state index contributed by atoms with van der Waals surface area (Å²) >= 11 is 0. The molecule has 1 fully saturated rings. The van der Waals surface area contributed by atoms with E-state index in [2.05, 4.69) is 4.99 Å². The molecular formula is C9H12F4N2O. The molecule has 0 amide bonds. The molecule has 16 heavy (non-hydrogen) atoms. The Kier molecular flexibility index (Phi) is 2.51. The van der Waals surface area contributed by atoms with Gasteiger partial charge in [0.25, 0.3) is 11.9 Å². The summed E-state index contributed by atoms with van der Waals surface area (Å²) < 4.78 is 57.1. The maximum Gasteiger partial charge on any atom is 0.282 e. The van der Waals surface area contributed by atoms with Crippen LogP contribution >= 0.6 is 0 Å². The third kappa shape index (κ3) is 1.62. The third-order valence-corrected chi connectivity index (χ3v) is 3.20. The molecule has 1 heterocycles. The molecule has 92 valence electrons. The zero-order valence-electron chi connectivity index (χ0n) is 8.43. The molecule has 1 aliphatic heterocycles. The summed E-state index contributed by atoms with van der Waals surface area (Å²) in [7, 11) is 0. The number of nitrogens with two attached hydrogens (primary N) is 1. The Bertz CT molecular complexity index is 323. The molecular weight excluding hydrogens is 228 g/mol. The van der Waals surface area contributed by atoms with Crippen LogP contribution in [0.5, 0.6) is 0 Å². The predicted octanol–water partition coefficient (Wildman–Crippen LogP) is 1.42. The average Bonchev–Trinajstić information content (AvgIpc) is 2.48. The Morgan fingerprint density at radius 1 is 1.44 bits per heavy atom. The standard InChI is InChI=1S/C9H12F4N2O/c10-2-6-5-1-9(12,13)3-8(5,4-11)16-7(14)15-6/h5-6H,1-4H2,(H2,14,15). The Labute approximate surface area is 89.7 Å². The van der Waals surface area contributed by atoms with Crippen LogP contribution in [0.3, 0.4) is 0 Å². The van der Waals surface area contributed by atoms with E-state index in [1.165, 1.54) is 0 Å². The van der Waals surface area contributed by atoms with Gasteiger partial charge in [0, 0.05) is 12.3 Å². The number of halogens is 4. The lowest BCUT2D eigenvalue weighted by Crippen LogP contribution is -2.51. The van der Waals surface area contributed by atoms with Gasteiger partial charge in [0.1, 0.15) is 13.3 Å². The van der Waals surface area contributed by atoms with Crippen molar-refractivity contribution in [1.82, 2.24) is 0 Å². The number of nitrogens with zero attached hydrogens (tertiary/aromatic N) is 1. The largest absolute Gasteiger partial charge is 0.455 e. The molecule has 1 aliphatic carbocycles. The van der Waals surface area contributed by atoms with Crippen LogP contribution in [0.4, 0.5) is 17.6 Å². The minimum Gasteiger partial charge on any atom is -0.455 e. The zero-order valence-corrected chi connectivity index (χ0v) is 8.43. The molecule has 1 saturated carbocycles. The van der Waals surface area contributed by atoms with Gasteiger partial charge in [-0.1, -0.05) is 0 Å². The van der Waals surface area contributed by atoms with E-state index in [0.29, 0.717) is 0 Å². The predicted molar refractivity (Wildman–Crippen MR) is 48.8 cm³/mol. The van der Waals surface area contributed by atoms with E-state index in [1.54, 1.807) is 0 Å². The molecule has 2 aliphatic rings. The minimum absolute atomic E-state index is 0.408. The number of amidine groups is 1. The summed E-state index contributed by atoms with van der Waals surface area (Å²) in [5.74, 6) is -4.01. The molecule has 0 aromatic carbocycles. The maximum atomic E-state index is 13.3. The Balaban J connectivity index is 2.35. The lowest BCUT2D eigenvalue weighted by Gasteiger charge is -2.38. The first-order valence-electron chi connectivity index (χ1n) is 4.94. The summed E-state index contributed by atoms with van der Waals surface area (Å²) in [6.07, 6.45) is -1.38. The smallest absolute Gasteiger partial charge is 0.282 e. The van der Waals surface area contributed by atoms with Gasteiger partial charge in [-0.2, -0.15) is 0 Å². The van der Waals surface area contributed by atoms with Gasteiger partial charge in [-0.15, -0.1) is 0 Å². The van der Waals surface area contributed by atoms with Crippen molar-refractivity contribution in [1.29, 1.82) is 0 Å². The quantitative estimate of drug-likeness (QED) is 0.742. The number of alkyl halides is 4. The molecule has 0 saturated heterocycles. The van der Waals surface area contributed by atoms with Crippen LogP contribution in [0, 0.1) is 5.92 Å². The highest BCUT2D eigenvalue weighted by atomic mass is 19.3. The maximum absolute atomic E-state index is 13.3. The van der Waals surface area contributed by atoms with Gasteiger partial charge in [-0.05, 0) is 0 Å². The lowest BCUT2D eigenvalue weighted by molar-refractivity contribution is -0.0530. The van der Waals surface area contributed by atoms with E-state index in [-0.39, 0.29) is 0 Å². The Morgan fingerprint density at radius 3 is 2.69 bits per heavy atom.